The second-order valence-corrected chi connectivity index (χ2v) is 6.94. The molecule has 28 heavy (non-hydrogen) atoms. The highest BCUT2D eigenvalue weighted by atomic mass is 32.2. The molecule has 6 N–H and O–H groups in total. The van der Waals surface area contributed by atoms with Gasteiger partial charge in [-0.2, -0.15) is 0 Å². The molecule has 0 fully saturated rings. The van der Waals surface area contributed by atoms with E-state index in [9.17, 15) is 24.0 Å². The Kier molecular flexibility index (Phi) is 9.71. The molecule has 2 atom stereocenters. The number of carbonyl (C=O) groups excluding carboxylic acids is 5. The molecular weight excluding hydrogens is 388 g/mol. The number of imidazole rings is 1. The van der Waals surface area contributed by atoms with Crippen LogP contribution in [0, 0.1) is 0 Å². The summed E-state index contributed by atoms with van der Waals surface area (Å²) in [4.78, 5) is 64.8. The Bertz CT molecular complexity index is 708. The van der Waals surface area contributed by atoms with Gasteiger partial charge in [-0.25, -0.2) is 4.98 Å². The molecule has 1 aromatic heterocycles. The Morgan fingerprint density at radius 2 is 1.86 bits per heavy atom. The Morgan fingerprint density at radius 1 is 1.14 bits per heavy atom. The summed E-state index contributed by atoms with van der Waals surface area (Å²) >= 11 is 0.782. The highest BCUT2D eigenvalue weighted by Gasteiger charge is 2.25. The standard InChI is InChI=1S/C16H24N6O5S/c1-9(23)19-4-3-14(25)22-12(5-11-6-18-8-20-11)16(27)28-7-13(15(17)26)21-10(2)24/h6,8,12-13H,3-5,7H2,1-2H3,(H2,17,26)(H,18,20)(H,19,23)(H,21,24)(H,22,25)/t12?,13-/m1/s1. The zero-order chi connectivity index (χ0) is 21.1. The first-order chi connectivity index (χ1) is 13.2. The van der Waals surface area contributed by atoms with Crippen molar-refractivity contribution in [3.8, 4) is 0 Å². The van der Waals surface area contributed by atoms with Gasteiger partial charge in [-0.1, -0.05) is 11.8 Å². The van der Waals surface area contributed by atoms with E-state index in [1.807, 2.05) is 0 Å². The summed E-state index contributed by atoms with van der Waals surface area (Å²) in [6.07, 6.45) is 3.15. The van der Waals surface area contributed by atoms with E-state index < -0.39 is 34.9 Å². The zero-order valence-electron chi connectivity index (χ0n) is 15.6. The van der Waals surface area contributed by atoms with Gasteiger partial charge in [0.25, 0.3) is 0 Å². The first kappa shape index (κ1) is 23.1. The number of carbonyl (C=O) groups is 5. The highest BCUT2D eigenvalue weighted by Crippen LogP contribution is 2.12. The first-order valence-electron chi connectivity index (χ1n) is 8.43. The first-order valence-corrected chi connectivity index (χ1v) is 9.41. The van der Waals surface area contributed by atoms with Crippen molar-refractivity contribution in [1.29, 1.82) is 0 Å². The molecule has 1 unspecified atom stereocenters. The van der Waals surface area contributed by atoms with Crippen molar-refractivity contribution in [3.05, 3.63) is 18.2 Å². The van der Waals surface area contributed by atoms with Crippen molar-refractivity contribution in [2.45, 2.75) is 38.8 Å². The Morgan fingerprint density at radius 3 is 2.39 bits per heavy atom. The lowest BCUT2D eigenvalue weighted by atomic mass is 10.2. The van der Waals surface area contributed by atoms with Gasteiger partial charge in [0.2, 0.25) is 28.7 Å². The number of hydrogen-bond donors (Lipinski definition) is 5. The van der Waals surface area contributed by atoms with Gasteiger partial charge in [0.1, 0.15) is 12.1 Å². The third-order valence-electron chi connectivity index (χ3n) is 3.44. The molecular formula is C16H24N6O5S. The van der Waals surface area contributed by atoms with Gasteiger partial charge < -0.3 is 26.7 Å². The van der Waals surface area contributed by atoms with E-state index in [-0.39, 0.29) is 31.0 Å². The van der Waals surface area contributed by atoms with E-state index in [4.69, 9.17) is 5.73 Å². The molecule has 12 heteroatoms. The van der Waals surface area contributed by atoms with Crippen LogP contribution in [0.3, 0.4) is 0 Å². The van der Waals surface area contributed by atoms with Crippen LogP contribution in [0.2, 0.25) is 0 Å². The maximum atomic E-state index is 12.6. The largest absolute Gasteiger partial charge is 0.368 e. The predicted octanol–water partition coefficient (Wildman–Crippen LogP) is -1.79. The lowest BCUT2D eigenvalue weighted by molar-refractivity contribution is -0.125. The van der Waals surface area contributed by atoms with Crippen molar-refractivity contribution in [3.63, 3.8) is 0 Å². The number of H-pyrrole nitrogens is 1. The molecule has 4 amide bonds. The van der Waals surface area contributed by atoms with E-state index in [0.717, 1.165) is 11.8 Å². The lowest BCUT2D eigenvalue weighted by Gasteiger charge is -2.18. The summed E-state index contributed by atoms with van der Waals surface area (Å²) < 4.78 is 0. The molecule has 0 bridgehead atoms. The Hall–Kier alpha value is -2.89. The van der Waals surface area contributed by atoms with Crippen LogP contribution in [0.5, 0.6) is 0 Å². The fourth-order valence-corrected chi connectivity index (χ4v) is 3.06. The van der Waals surface area contributed by atoms with Crippen molar-refractivity contribution in [2.75, 3.05) is 12.3 Å². The molecule has 154 valence electrons. The highest BCUT2D eigenvalue weighted by molar-refractivity contribution is 8.13. The number of nitrogens with one attached hydrogen (secondary N) is 4. The number of primary amides is 1. The maximum Gasteiger partial charge on any atom is 0.240 e. The number of aromatic amines is 1. The SMILES string of the molecule is CC(=O)NCCC(=O)NC(Cc1cnc[nH]1)C(=O)SC[C@@H](NC(C)=O)C(N)=O. The van der Waals surface area contributed by atoms with Crippen LogP contribution >= 0.6 is 11.8 Å². The monoisotopic (exact) mass is 412 g/mol. The van der Waals surface area contributed by atoms with Crippen LogP contribution in [-0.2, 0) is 30.4 Å². The quantitative estimate of drug-likeness (QED) is 0.285. The van der Waals surface area contributed by atoms with Gasteiger partial charge in [0, 0.05) is 50.9 Å². The van der Waals surface area contributed by atoms with E-state index in [0.29, 0.717) is 5.69 Å². The molecule has 0 aliphatic heterocycles. The summed E-state index contributed by atoms with van der Waals surface area (Å²) in [5.74, 6) is -1.95. The summed E-state index contributed by atoms with van der Waals surface area (Å²) in [5.41, 5.74) is 5.85. The topological polar surface area (TPSA) is 176 Å². The Balaban J connectivity index is 2.70. The van der Waals surface area contributed by atoms with Gasteiger partial charge in [-0.15, -0.1) is 0 Å². The molecule has 1 heterocycles. The summed E-state index contributed by atoms with van der Waals surface area (Å²) in [6.45, 7) is 2.72. The fourth-order valence-electron chi connectivity index (χ4n) is 2.13. The van der Waals surface area contributed by atoms with E-state index >= 15 is 0 Å². The van der Waals surface area contributed by atoms with Crippen molar-refractivity contribution < 1.29 is 24.0 Å². The molecule has 0 aliphatic rings. The average molecular weight is 412 g/mol. The second kappa shape index (κ2) is 11.7. The van der Waals surface area contributed by atoms with Crippen LogP contribution in [0.25, 0.3) is 0 Å². The average Bonchev–Trinajstić information content (AvgIpc) is 3.10. The van der Waals surface area contributed by atoms with Crippen LogP contribution < -0.4 is 21.7 Å². The molecule has 11 nitrogen and oxygen atoms in total. The van der Waals surface area contributed by atoms with Crippen LogP contribution in [0.15, 0.2) is 12.5 Å². The third kappa shape index (κ3) is 9.16. The molecule has 0 radical (unpaired) electrons. The zero-order valence-corrected chi connectivity index (χ0v) is 16.4. The summed E-state index contributed by atoms with van der Waals surface area (Å²) in [5, 5.41) is 7.07. The normalized spacial score (nSPS) is 12.5. The lowest BCUT2D eigenvalue weighted by Crippen LogP contribution is -2.47. The van der Waals surface area contributed by atoms with E-state index in [1.165, 1.54) is 26.4 Å². The van der Waals surface area contributed by atoms with Crippen molar-refractivity contribution in [1.82, 2.24) is 25.9 Å². The van der Waals surface area contributed by atoms with Crippen LogP contribution in [-0.4, -0.2) is 63.1 Å². The van der Waals surface area contributed by atoms with Crippen LogP contribution in [0.4, 0.5) is 0 Å². The predicted molar refractivity (Wildman–Crippen MR) is 102 cm³/mol. The molecule has 0 saturated carbocycles. The molecule has 1 aromatic rings. The number of nitrogens with zero attached hydrogens (tertiary/aromatic N) is 1. The van der Waals surface area contributed by atoms with Gasteiger partial charge in [-0.05, 0) is 0 Å². The van der Waals surface area contributed by atoms with E-state index in [1.54, 1.807) is 0 Å². The maximum absolute atomic E-state index is 12.6. The second-order valence-electron chi connectivity index (χ2n) is 5.92. The number of aromatic nitrogens is 2. The van der Waals surface area contributed by atoms with Gasteiger partial charge in [-0.3, -0.25) is 24.0 Å². The fraction of sp³-hybridized carbons (Fsp3) is 0.500. The van der Waals surface area contributed by atoms with Gasteiger partial charge in [0.15, 0.2) is 0 Å². The number of nitrogens with two attached hydrogens (primary N) is 1. The van der Waals surface area contributed by atoms with Crippen LogP contribution in [0.1, 0.15) is 26.0 Å². The summed E-state index contributed by atoms with van der Waals surface area (Å²) in [6, 6.07) is -1.89. The molecule has 0 spiro atoms. The minimum absolute atomic E-state index is 0.00675. The number of rotatable bonds is 11. The van der Waals surface area contributed by atoms with Crippen molar-refractivity contribution >= 4 is 40.5 Å². The molecule has 1 rings (SSSR count). The van der Waals surface area contributed by atoms with Gasteiger partial charge in [0.05, 0.1) is 6.33 Å². The van der Waals surface area contributed by atoms with Gasteiger partial charge >= 0.3 is 0 Å². The molecule has 0 aromatic carbocycles. The molecule has 0 aliphatic carbocycles. The van der Waals surface area contributed by atoms with E-state index in [2.05, 4.69) is 25.9 Å². The summed E-state index contributed by atoms with van der Waals surface area (Å²) in [7, 11) is 0. The third-order valence-corrected chi connectivity index (χ3v) is 4.51. The number of hydrogen-bond acceptors (Lipinski definition) is 7. The molecule has 0 saturated heterocycles. The van der Waals surface area contributed by atoms with Crippen molar-refractivity contribution in [2.24, 2.45) is 5.73 Å². The minimum Gasteiger partial charge on any atom is -0.368 e. The smallest absolute Gasteiger partial charge is 0.240 e. The minimum atomic E-state index is -1.00. The number of thioether (sulfide) groups is 1. The number of amides is 4. The Labute approximate surface area is 166 Å².